The number of oxime groups is 1. The van der Waals surface area contributed by atoms with Gasteiger partial charge in [0.25, 0.3) is 5.91 Å². The lowest BCUT2D eigenvalue weighted by molar-refractivity contribution is -0.143. The number of amides is 11. The summed E-state index contributed by atoms with van der Waals surface area (Å²) >= 11 is 3.51. The number of carboxylic acids is 2. The summed E-state index contributed by atoms with van der Waals surface area (Å²) in [6.07, 6.45) is 8.69. The molecule has 1 saturated heterocycles. The molecule has 34 nitrogen and oxygen atoms in total. The summed E-state index contributed by atoms with van der Waals surface area (Å²) in [4.78, 5) is 191. The Bertz CT molecular complexity index is 3810. The highest BCUT2D eigenvalue weighted by atomic mass is 32.2. The molecule has 602 valence electrons. The minimum Gasteiger partial charge on any atom is -0.508 e. The summed E-state index contributed by atoms with van der Waals surface area (Å²) in [5.41, 5.74) is 20.2. The zero-order chi connectivity index (χ0) is 80.8. The number of guanidine groups is 1. The maximum absolute atomic E-state index is 14.9. The van der Waals surface area contributed by atoms with E-state index in [0.717, 1.165) is 42.7 Å². The SMILES string of the molecule is CCCC[C@H](NC(=O)[C@@H]1CCCN1C(=O)[C@H](C)NC(=O)[C@H](CCCN=C(N)N)NC(=O)/C=N/OCCCCCCOc1cc(CSC)cc(CSC)c1)C(=O)N[C@@H](CC(=O)O)C(=O)N[C@H](C(=O)N[C@@H](Cc1c[nH]c2ccccc12)C(=O)NC(Cc1ccc(O)cc1)C(=O)N[C@@H](CCC(=O)O)C(=O)NCC(N)=O)C(C)C. The first-order valence-electron chi connectivity index (χ1n) is 36.5. The highest BCUT2D eigenvalue weighted by Crippen LogP contribution is 2.25. The second-order valence-corrected chi connectivity index (χ2v) is 28.7. The molecular formula is C74H106N16O18S2. The van der Waals surface area contributed by atoms with Gasteiger partial charge in [0.05, 0.1) is 19.6 Å². The third-order valence-electron chi connectivity index (χ3n) is 17.6. The van der Waals surface area contributed by atoms with Crippen molar-refractivity contribution in [2.24, 2.45) is 33.3 Å². The van der Waals surface area contributed by atoms with E-state index >= 15 is 0 Å². The second kappa shape index (κ2) is 47.3. The Balaban J connectivity index is 1.25. The Hall–Kier alpha value is -10.6. The number of H-pyrrole nitrogens is 1. The molecule has 9 atom stereocenters. The first-order valence-corrected chi connectivity index (χ1v) is 39.3. The van der Waals surface area contributed by atoms with E-state index in [-0.39, 0.29) is 69.9 Å². The number of nitrogens with two attached hydrogens (primary N) is 3. The first kappa shape index (κ1) is 90.0. The Kier molecular flexibility index (Phi) is 38.7. The van der Waals surface area contributed by atoms with Crippen LogP contribution >= 0.6 is 23.5 Å². The standard InChI is InChI=1S/C74H106N16O18S2/c1-7-8-18-54(85-71(104)59-21-16-29-90(59)73(106)44(4)82-66(99)53(20-15-28-78-74(76)77)83-61(93)40-81-108-31-14-10-9-13-30-107-50-33-46(41-109-5)32-47(34-50)42-110-6)67(100)87-58(37-63(96)97)70(103)89-64(43(2)3)72(105)88-57(36-48-38-79-52-19-12-11-17-51(48)52)69(102)86-56(35-45-22-24-49(91)25-23-45)68(101)84-55(26-27-62(94)95)65(98)80-39-60(75)92/h11-12,17,19,22-25,32-34,38,40,43-44,53-59,64,79,91H,7-10,13-16,18,20-21,26-31,35-37,39,41-42H2,1-6H3,(H2,75,92)(H,80,98)(H,82,99)(H,83,93)(H,84,101)(H,85,104)(H,86,102)(H,87,100)(H,88,105)(H,89,103)(H,94,95)(H,96,97)(H4,76,77,78)/b81-40+/t44-,53-,54-,55-,56?,57-,58-,59-,64-/m0/s1. The molecule has 1 aliphatic rings. The Morgan fingerprint density at radius 3 is 1.86 bits per heavy atom. The number of primary amides is 1. The monoisotopic (exact) mass is 1570 g/mol. The number of benzene rings is 3. The van der Waals surface area contributed by atoms with Gasteiger partial charge >= 0.3 is 11.9 Å². The van der Waals surface area contributed by atoms with Gasteiger partial charge in [0.2, 0.25) is 59.1 Å². The average molecular weight is 1570 g/mol. The number of rotatable bonds is 50. The van der Waals surface area contributed by atoms with Crippen molar-refractivity contribution < 1.29 is 87.2 Å². The molecule has 0 saturated carbocycles. The number of hydrogen-bond donors (Lipinski definition) is 16. The van der Waals surface area contributed by atoms with Gasteiger partial charge in [-0.1, -0.05) is 75.2 Å². The number of carbonyl (C=O) groups is 13. The Morgan fingerprint density at radius 2 is 1.23 bits per heavy atom. The number of phenolic OH excluding ortho intramolecular Hbond substituents is 1. The zero-order valence-corrected chi connectivity index (χ0v) is 64.5. The van der Waals surface area contributed by atoms with Crippen molar-refractivity contribution in [1.29, 1.82) is 0 Å². The number of likely N-dealkylation sites (tertiary alicyclic amines) is 1. The second-order valence-electron chi connectivity index (χ2n) is 26.9. The number of aromatic hydroxyl groups is 1. The van der Waals surface area contributed by atoms with Crippen LogP contribution < -0.4 is 69.8 Å². The summed E-state index contributed by atoms with van der Waals surface area (Å²) in [7, 11) is 0. The van der Waals surface area contributed by atoms with Gasteiger partial charge in [0.1, 0.15) is 78.7 Å². The van der Waals surface area contributed by atoms with Crippen LogP contribution in [-0.4, -0.2) is 214 Å². The van der Waals surface area contributed by atoms with Crippen molar-refractivity contribution in [1.82, 2.24) is 57.7 Å². The zero-order valence-electron chi connectivity index (χ0n) is 62.9. The van der Waals surface area contributed by atoms with Crippen molar-refractivity contribution in [2.75, 3.05) is 45.4 Å². The van der Waals surface area contributed by atoms with Crippen LogP contribution in [0.15, 0.2) is 83.1 Å². The number of para-hydroxylation sites is 1. The fraction of sp³-hybridized carbons (Fsp3) is 0.527. The molecule has 110 heavy (non-hydrogen) atoms. The summed E-state index contributed by atoms with van der Waals surface area (Å²) in [6, 6.07) is 5.66. The molecule has 1 unspecified atom stereocenters. The number of aromatic nitrogens is 1. The maximum Gasteiger partial charge on any atom is 0.305 e. The molecule has 3 aromatic carbocycles. The smallest absolute Gasteiger partial charge is 0.305 e. The van der Waals surface area contributed by atoms with E-state index in [9.17, 15) is 77.6 Å². The molecule has 1 aliphatic heterocycles. The van der Waals surface area contributed by atoms with Crippen LogP contribution in [0.25, 0.3) is 10.9 Å². The van der Waals surface area contributed by atoms with Gasteiger partial charge in [0.15, 0.2) is 5.96 Å². The number of phenols is 1. The van der Waals surface area contributed by atoms with Gasteiger partial charge in [-0.15, -0.1) is 0 Å². The van der Waals surface area contributed by atoms with Gasteiger partial charge in [-0.2, -0.15) is 23.5 Å². The number of unbranched alkanes of at least 4 members (excludes halogenated alkanes) is 4. The van der Waals surface area contributed by atoms with Crippen LogP contribution in [0.1, 0.15) is 140 Å². The van der Waals surface area contributed by atoms with E-state index in [1.54, 1.807) is 54.0 Å². The van der Waals surface area contributed by atoms with E-state index in [0.29, 0.717) is 54.3 Å². The van der Waals surface area contributed by atoms with Gasteiger partial charge < -0.3 is 99.8 Å². The summed E-state index contributed by atoms with van der Waals surface area (Å²) in [5.74, 6) is -11.3. The molecule has 0 bridgehead atoms. The fourth-order valence-corrected chi connectivity index (χ4v) is 13.0. The molecule has 4 aromatic rings. The van der Waals surface area contributed by atoms with Gasteiger partial charge in [-0.3, -0.25) is 67.3 Å². The van der Waals surface area contributed by atoms with Crippen molar-refractivity contribution in [2.45, 2.75) is 196 Å². The quantitative estimate of drug-likeness (QED) is 0.0130. The molecule has 0 radical (unpaired) electrons. The molecule has 0 spiro atoms. The van der Waals surface area contributed by atoms with Gasteiger partial charge in [-0.25, -0.2) is 0 Å². The molecule has 11 amide bonds. The van der Waals surface area contributed by atoms with Crippen LogP contribution in [0.2, 0.25) is 0 Å². The summed E-state index contributed by atoms with van der Waals surface area (Å²) < 4.78 is 6.06. The highest BCUT2D eigenvalue weighted by Gasteiger charge is 2.40. The largest absolute Gasteiger partial charge is 0.508 e. The number of hydrogen-bond acceptors (Lipinski definition) is 20. The molecule has 1 aromatic heterocycles. The van der Waals surface area contributed by atoms with Crippen molar-refractivity contribution in [3.05, 3.63) is 95.2 Å². The number of thioether (sulfide) groups is 2. The highest BCUT2D eigenvalue weighted by molar-refractivity contribution is 7.98. The molecular weight excluding hydrogens is 1470 g/mol. The van der Waals surface area contributed by atoms with Crippen molar-refractivity contribution in [3.63, 3.8) is 0 Å². The van der Waals surface area contributed by atoms with Crippen LogP contribution in [0.4, 0.5) is 0 Å². The Morgan fingerprint density at radius 1 is 0.636 bits per heavy atom. The molecule has 5 rings (SSSR count). The van der Waals surface area contributed by atoms with E-state index in [1.807, 2.05) is 6.92 Å². The third kappa shape index (κ3) is 31.5. The topological polar surface area (TPSA) is 531 Å². The lowest BCUT2D eigenvalue weighted by Gasteiger charge is -2.30. The lowest BCUT2D eigenvalue weighted by Crippen LogP contribution is -2.61. The number of fused-ring (bicyclic) bond motifs is 1. The van der Waals surface area contributed by atoms with Gasteiger partial charge in [0, 0.05) is 61.0 Å². The minimum atomic E-state index is -1.89. The van der Waals surface area contributed by atoms with E-state index < -0.39 is 163 Å². The number of aromatic amines is 1. The summed E-state index contributed by atoms with van der Waals surface area (Å²) in [6.45, 7) is 6.58. The number of nitrogens with zero attached hydrogens (tertiary/aromatic N) is 3. The number of carbonyl (C=O) groups excluding carboxylic acids is 11. The first-order chi connectivity index (χ1) is 52.5. The predicted molar refractivity (Wildman–Crippen MR) is 415 cm³/mol. The van der Waals surface area contributed by atoms with Crippen LogP contribution in [-0.2, 0) is 91.5 Å². The fourth-order valence-electron chi connectivity index (χ4n) is 12.0. The third-order valence-corrected chi connectivity index (χ3v) is 18.9. The van der Waals surface area contributed by atoms with E-state index in [4.69, 9.17) is 26.8 Å². The summed E-state index contributed by atoms with van der Waals surface area (Å²) in [5, 5.41) is 56.9. The Labute approximate surface area is 647 Å². The molecule has 19 N–H and O–H groups in total. The lowest BCUT2D eigenvalue weighted by atomic mass is 9.99. The van der Waals surface area contributed by atoms with E-state index in [2.05, 4.69) is 93.7 Å². The van der Waals surface area contributed by atoms with Crippen LogP contribution in [0.3, 0.4) is 0 Å². The number of aliphatic imine (C=N–C) groups is 1. The van der Waals surface area contributed by atoms with Crippen molar-refractivity contribution >= 4 is 124 Å². The number of ether oxygens (including phenoxy) is 1. The van der Waals surface area contributed by atoms with Gasteiger partial charge in [-0.05, 0) is 142 Å². The maximum atomic E-state index is 14.9. The molecule has 0 aliphatic carbocycles. The predicted octanol–water partition coefficient (Wildman–Crippen LogP) is 1.76. The molecule has 2 heterocycles. The number of aliphatic carboxylic acids is 2. The minimum absolute atomic E-state index is 0.0211. The molecule has 1 fully saturated rings. The van der Waals surface area contributed by atoms with Crippen LogP contribution in [0, 0.1) is 5.92 Å². The van der Waals surface area contributed by atoms with Crippen molar-refractivity contribution in [3.8, 4) is 11.5 Å². The molecule has 36 heteroatoms. The number of carboxylic acid groups (broad SMARTS) is 2. The number of nitrogens with one attached hydrogen (secondary N) is 10. The normalized spacial score (nSPS) is 14.8. The van der Waals surface area contributed by atoms with Crippen LogP contribution in [0.5, 0.6) is 11.5 Å². The van der Waals surface area contributed by atoms with E-state index in [1.165, 1.54) is 61.1 Å². The average Bonchev–Trinajstić information content (AvgIpc) is 1.71.